The standard InChI is InChI=1S/C9H7.C4H10N.CH3Si.2ClH.Ti/c1-2-5-9-7-3-6-8(9)4-1;1-4(2,3)5;1-2;;;/h1-7H;5H,1-3H3;1H3;2*1H;/q2*-1;;;;+2/p-2. The fourth-order valence-corrected chi connectivity index (χ4v) is 1.07. The first-order chi connectivity index (χ1) is 8.88. The number of hydrogen-bond acceptors (Lipinski definition) is 0. The third kappa shape index (κ3) is 16.2. The van der Waals surface area contributed by atoms with Gasteiger partial charge in [-0.05, 0) is 0 Å². The summed E-state index contributed by atoms with van der Waals surface area (Å²) in [7, 11) is 12.8. The molecule has 0 amide bonds. The zero-order valence-electron chi connectivity index (χ0n) is 11.8. The van der Waals surface area contributed by atoms with Gasteiger partial charge in [0.2, 0.25) is 0 Å². The van der Waals surface area contributed by atoms with Crippen molar-refractivity contribution in [3.8, 4) is 0 Å². The van der Waals surface area contributed by atoms with E-state index in [1.807, 2.05) is 20.8 Å². The van der Waals surface area contributed by atoms with E-state index in [4.69, 9.17) is 24.3 Å². The van der Waals surface area contributed by atoms with Crippen LogP contribution in [0.25, 0.3) is 16.5 Å². The van der Waals surface area contributed by atoms with Crippen molar-refractivity contribution in [3.05, 3.63) is 48.2 Å². The van der Waals surface area contributed by atoms with Crippen LogP contribution in [0, 0.1) is 0 Å². The van der Waals surface area contributed by atoms with Gasteiger partial charge in [0.15, 0.2) is 0 Å². The van der Waals surface area contributed by atoms with Crippen LogP contribution in [-0.2, 0) is 17.0 Å². The van der Waals surface area contributed by atoms with E-state index in [-0.39, 0.29) is 5.54 Å². The van der Waals surface area contributed by atoms with Gasteiger partial charge in [0.25, 0.3) is 0 Å². The molecule has 0 aliphatic heterocycles. The normalized spacial score (nSPS) is 9.05. The molecular formula is C14H20Cl2NSiTi-2. The summed E-state index contributed by atoms with van der Waals surface area (Å²) in [4.78, 5) is 0. The van der Waals surface area contributed by atoms with Crippen molar-refractivity contribution in [1.82, 2.24) is 0 Å². The number of halogens is 2. The minimum atomic E-state index is -0.556. The van der Waals surface area contributed by atoms with Gasteiger partial charge < -0.3 is 5.73 Å². The molecule has 0 heterocycles. The van der Waals surface area contributed by atoms with Gasteiger partial charge in [-0.2, -0.15) is 17.5 Å². The summed E-state index contributed by atoms with van der Waals surface area (Å²) in [6.45, 7) is 7.37. The van der Waals surface area contributed by atoms with Crippen LogP contribution in [0.15, 0.2) is 42.5 Å². The summed E-state index contributed by atoms with van der Waals surface area (Å²) in [5.41, 5.74) is 6.69. The van der Waals surface area contributed by atoms with Crippen molar-refractivity contribution in [3.63, 3.8) is 0 Å². The fraction of sp³-hybridized carbons (Fsp3) is 0.357. The van der Waals surface area contributed by atoms with Crippen molar-refractivity contribution >= 4 is 39.6 Å². The van der Waals surface area contributed by atoms with E-state index in [0.29, 0.717) is 0 Å². The van der Waals surface area contributed by atoms with Crippen LogP contribution in [-0.4, -0.2) is 15.8 Å². The molecule has 0 unspecified atom stereocenters. The molecule has 0 saturated carbocycles. The molecule has 19 heavy (non-hydrogen) atoms. The molecule has 3 radical (unpaired) electrons. The summed E-state index contributed by atoms with van der Waals surface area (Å²) in [5, 5.41) is 2.66. The van der Waals surface area contributed by atoms with Crippen molar-refractivity contribution in [2.24, 2.45) is 0 Å². The molecule has 5 heteroatoms. The Balaban J connectivity index is 0. The molecule has 0 aliphatic carbocycles. The Morgan fingerprint density at radius 1 is 1.11 bits per heavy atom. The predicted molar refractivity (Wildman–Crippen MR) is 86.9 cm³/mol. The zero-order valence-corrected chi connectivity index (χ0v) is 15.9. The second-order valence-corrected chi connectivity index (χ2v) is 7.06. The summed E-state index contributed by atoms with van der Waals surface area (Å²) < 4.78 is 0. The van der Waals surface area contributed by atoms with Crippen LogP contribution in [0.5, 0.6) is 0 Å². The van der Waals surface area contributed by atoms with Gasteiger partial charge in [0.05, 0.1) is 0 Å². The number of nitrogens with one attached hydrogen (secondary N) is 1. The van der Waals surface area contributed by atoms with Crippen molar-refractivity contribution in [1.29, 1.82) is 0 Å². The maximum absolute atomic E-state index is 6.94. The molecule has 0 atom stereocenters. The molecule has 1 N–H and O–H groups in total. The number of benzene rings is 1. The van der Waals surface area contributed by atoms with E-state index < -0.39 is 17.0 Å². The Labute approximate surface area is 137 Å². The molecule has 2 rings (SSSR count). The predicted octanol–water partition coefficient (Wildman–Crippen LogP) is 5.98. The van der Waals surface area contributed by atoms with Crippen molar-refractivity contribution in [2.45, 2.75) is 32.9 Å². The zero-order chi connectivity index (χ0) is 15.3. The van der Waals surface area contributed by atoms with E-state index >= 15 is 0 Å². The summed E-state index contributed by atoms with van der Waals surface area (Å²) in [6.07, 6.45) is 0. The van der Waals surface area contributed by atoms with E-state index in [2.05, 4.69) is 52.7 Å². The van der Waals surface area contributed by atoms with Crippen LogP contribution < -0.4 is 0 Å². The molecule has 105 valence electrons. The minimum Gasteiger partial charge on any atom is -0.168 e. The van der Waals surface area contributed by atoms with Crippen LogP contribution in [0.2, 0.25) is 6.55 Å². The van der Waals surface area contributed by atoms with E-state index in [9.17, 15) is 0 Å². The van der Waals surface area contributed by atoms with Crippen LogP contribution in [0.1, 0.15) is 20.8 Å². The summed E-state index contributed by atoms with van der Waals surface area (Å²) in [6, 6.07) is 14.7. The van der Waals surface area contributed by atoms with Gasteiger partial charge in [0, 0.05) is 10.2 Å². The quantitative estimate of drug-likeness (QED) is 0.413. The van der Waals surface area contributed by atoms with Crippen molar-refractivity contribution < 1.29 is 17.0 Å². The van der Waals surface area contributed by atoms with Crippen LogP contribution in [0.4, 0.5) is 0 Å². The molecule has 0 fully saturated rings. The van der Waals surface area contributed by atoms with Crippen LogP contribution in [0.3, 0.4) is 0 Å². The summed E-state index contributed by atoms with van der Waals surface area (Å²) >= 11 is -0.556. The average Bonchev–Trinajstić information content (AvgIpc) is 2.78. The molecule has 0 bridgehead atoms. The van der Waals surface area contributed by atoms with Gasteiger partial charge in [-0.1, -0.05) is 33.4 Å². The number of rotatable bonds is 0. The van der Waals surface area contributed by atoms with Crippen LogP contribution >= 0.6 is 18.6 Å². The largest absolute Gasteiger partial charge is 0.168 e. The fourth-order valence-electron chi connectivity index (χ4n) is 1.07. The monoisotopic (exact) mass is 348 g/mol. The number of fused-ring (bicyclic) bond motifs is 1. The van der Waals surface area contributed by atoms with Gasteiger partial charge in [-0.25, -0.2) is 0 Å². The first kappa shape index (κ1) is 21.6. The molecule has 0 aliphatic rings. The van der Waals surface area contributed by atoms with Gasteiger partial charge in [0.1, 0.15) is 0 Å². The molecule has 2 aromatic rings. The van der Waals surface area contributed by atoms with E-state index in [1.165, 1.54) is 10.8 Å². The Morgan fingerprint density at radius 2 is 1.53 bits per heavy atom. The second-order valence-electron chi connectivity index (χ2n) is 4.48. The molecular weight excluding hydrogens is 329 g/mol. The molecule has 0 aromatic heterocycles. The second kappa shape index (κ2) is 13.3. The maximum atomic E-state index is 6.94. The topological polar surface area (TPSA) is 23.8 Å². The third-order valence-corrected chi connectivity index (χ3v) is 1.55. The van der Waals surface area contributed by atoms with E-state index in [0.717, 1.165) is 0 Å². The Kier molecular flexibility index (Phi) is 15.1. The average molecular weight is 349 g/mol. The first-order valence-electron chi connectivity index (χ1n) is 5.70. The molecule has 0 saturated heterocycles. The third-order valence-electron chi connectivity index (χ3n) is 1.55. The maximum Gasteiger partial charge on any atom is -0.0809 e. The van der Waals surface area contributed by atoms with Gasteiger partial charge in [-0.15, -0.1) is 35.2 Å². The smallest absolute Gasteiger partial charge is 0.0809 e. The summed E-state index contributed by atoms with van der Waals surface area (Å²) in [5.74, 6) is 0. The number of hydrogen-bond donors (Lipinski definition) is 0. The molecule has 1 nitrogen and oxygen atoms in total. The van der Waals surface area contributed by atoms with Crippen molar-refractivity contribution in [2.75, 3.05) is 0 Å². The Bertz CT molecular complexity index is 377. The minimum absolute atomic E-state index is 0.250. The van der Waals surface area contributed by atoms with E-state index in [1.54, 1.807) is 6.55 Å². The molecule has 2 aromatic carbocycles. The first-order valence-corrected chi connectivity index (χ1v) is 11.0. The van der Waals surface area contributed by atoms with Gasteiger partial charge >= 0.3 is 35.6 Å². The van der Waals surface area contributed by atoms with Gasteiger partial charge in [-0.3, -0.25) is 0 Å². The Hall–Kier alpha value is 0.301. The Morgan fingerprint density at radius 3 is 1.95 bits per heavy atom. The SMILES string of the molecule is CC(C)(C)[NH-].C[Si].[Cl][Ti][Cl].c1ccc2[cH-]ccc2c1. The molecule has 0 spiro atoms.